The van der Waals surface area contributed by atoms with E-state index >= 15 is 0 Å². The number of aryl methyl sites for hydroxylation is 1. The van der Waals surface area contributed by atoms with Gasteiger partial charge in [-0.2, -0.15) is 4.98 Å². The highest BCUT2D eigenvalue weighted by atomic mass is 32.1. The molecule has 4 aromatic rings. The van der Waals surface area contributed by atoms with Crippen LogP contribution in [0, 0.1) is 12.7 Å². The number of amides is 2. The van der Waals surface area contributed by atoms with Crippen LogP contribution in [0.5, 0.6) is 5.75 Å². The average Bonchev–Trinajstić information content (AvgIpc) is 3.53. The second-order valence-corrected chi connectivity index (χ2v) is 8.77. The topological polar surface area (TPSA) is 80.5 Å². The Morgan fingerprint density at radius 2 is 1.94 bits per heavy atom. The Hall–Kier alpha value is -3.98. The van der Waals surface area contributed by atoms with E-state index < -0.39 is 11.9 Å². The Bertz CT molecular complexity index is 1380. The maximum Gasteiger partial charge on any atom is 0.327 e. The molecule has 1 atom stereocenters. The molecule has 1 unspecified atom stereocenters. The first-order chi connectivity index (χ1) is 16.5. The van der Waals surface area contributed by atoms with Gasteiger partial charge in [0.15, 0.2) is 0 Å². The van der Waals surface area contributed by atoms with Crippen LogP contribution in [-0.2, 0) is 0 Å². The molecule has 0 saturated heterocycles. The summed E-state index contributed by atoms with van der Waals surface area (Å²) in [4.78, 5) is 20.2. The van der Waals surface area contributed by atoms with Gasteiger partial charge in [-0.15, -0.1) is 11.3 Å². The summed E-state index contributed by atoms with van der Waals surface area (Å²) in [6.45, 7) is 3.46. The van der Waals surface area contributed by atoms with Gasteiger partial charge in [0.2, 0.25) is 5.82 Å². The first-order valence-corrected chi connectivity index (χ1v) is 11.4. The summed E-state index contributed by atoms with van der Waals surface area (Å²) in [5.41, 5.74) is 2.91. The largest absolute Gasteiger partial charge is 0.497 e. The van der Waals surface area contributed by atoms with Crippen LogP contribution in [0.15, 0.2) is 70.2 Å². The number of nitrogens with zero attached hydrogens (tertiary/aromatic N) is 3. The number of methoxy groups -OCH3 is 1. The van der Waals surface area contributed by atoms with Crippen molar-refractivity contribution in [1.82, 2.24) is 15.5 Å². The third-order valence-electron chi connectivity index (χ3n) is 5.75. The van der Waals surface area contributed by atoms with E-state index in [1.165, 1.54) is 22.3 Å². The summed E-state index contributed by atoms with van der Waals surface area (Å²) in [7, 11) is 1.59. The van der Waals surface area contributed by atoms with Crippen LogP contribution in [-0.4, -0.2) is 23.3 Å². The van der Waals surface area contributed by atoms with E-state index in [1.807, 2.05) is 41.8 Å². The lowest BCUT2D eigenvalue weighted by molar-refractivity contribution is 0.244. The molecule has 2 amide bonds. The van der Waals surface area contributed by atoms with Gasteiger partial charge in [0.1, 0.15) is 11.6 Å². The predicted molar refractivity (Wildman–Crippen MR) is 128 cm³/mol. The van der Waals surface area contributed by atoms with Gasteiger partial charge in [-0.3, -0.25) is 4.90 Å². The summed E-state index contributed by atoms with van der Waals surface area (Å²) in [6, 6.07) is 14.9. The van der Waals surface area contributed by atoms with Crippen LogP contribution in [0.3, 0.4) is 0 Å². The van der Waals surface area contributed by atoms with Crippen molar-refractivity contribution in [3.8, 4) is 16.5 Å². The molecule has 0 bridgehead atoms. The van der Waals surface area contributed by atoms with Gasteiger partial charge < -0.3 is 14.6 Å². The number of rotatable bonds is 5. The highest BCUT2D eigenvalue weighted by Crippen LogP contribution is 2.40. The Morgan fingerprint density at radius 3 is 2.62 bits per heavy atom. The lowest BCUT2D eigenvalue weighted by Gasteiger charge is -2.35. The van der Waals surface area contributed by atoms with Crippen molar-refractivity contribution < 1.29 is 18.4 Å². The molecular weight excluding hydrogens is 455 g/mol. The van der Waals surface area contributed by atoms with Crippen LogP contribution in [0.25, 0.3) is 16.3 Å². The van der Waals surface area contributed by atoms with Crippen LogP contribution < -0.4 is 15.0 Å². The van der Waals surface area contributed by atoms with Gasteiger partial charge in [0.05, 0.1) is 29.3 Å². The Morgan fingerprint density at radius 1 is 1.15 bits per heavy atom. The molecule has 9 heteroatoms. The Kier molecular flexibility index (Phi) is 5.62. The van der Waals surface area contributed by atoms with Gasteiger partial charge in [0, 0.05) is 5.70 Å². The minimum absolute atomic E-state index is 0.277. The van der Waals surface area contributed by atoms with Crippen LogP contribution in [0.4, 0.5) is 14.9 Å². The minimum atomic E-state index is -0.554. The standard InChI is InChI=1S/C25H21FN4O3S/c1-14-6-9-17(13-19(14)26)30-15(2)21(24-28-23(29-33-24)20-5-4-12-34-20)22(27-25(30)31)16-7-10-18(32-3)11-8-16/h4-13,22H,1-3H3,(H,27,31). The SMILES string of the molecule is COc1ccc(C2NC(=O)N(c3ccc(C)c(F)c3)C(C)=C2c2nc(-c3cccs3)no2)cc1. The molecule has 2 aromatic carbocycles. The van der Waals surface area contributed by atoms with E-state index in [0.717, 1.165) is 10.4 Å². The van der Waals surface area contributed by atoms with Crippen molar-refractivity contribution in [2.75, 3.05) is 12.0 Å². The van der Waals surface area contributed by atoms with Crippen LogP contribution in [0.2, 0.25) is 0 Å². The number of benzene rings is 2. The number of carbonyl (C=O) groups excluding carboxylic acids is 1. The zero-order valence-corrected chi connectivity index (χ0v) is 19.5. The molecule has 2 aromatic heterocycles. The van der Waals surface area contributed by atoms with E-state index in [2.05, 4.69) is 15.5 Å². The van der Waals surface area contributed by atoms with E-state index in [-0.39, 0.29) is 11.9 Å². The number of ether oxygens (including phenoxy) is 1. The van der Waals surface area contributed by atoms with Gasteiger partial charge in [-0.05, 0) is 60.7 Å². The molecule has 1 N–H and O–H groups in total. The second-order valence-electron chi connectivity index (χ2n) is 7.82. The molecule has 0 radical (unpaired) electrons. The van der Waals surface area contributed by atoms with Crippen LogP contribution >= 0.6 is 11.3 Å². The molecule has 5 rings (SSSR count). The monoisotopic (exact) mass is 476 g/mol. The molecular formula is C25H21FN4O3S. The number of carbonyl (C=O) groups is 1. The van der Waals surface area contributed by atoms with Crippen molar-refractivity contribution in [3.05, 3.63) is 88.5 Å². The maximum absolute atomic E-state index is 14.4. The first kappa shape index (κ1) is 21.8. The van der Waals surface area contributed by atoms with Gasteiger partial charge >= 0.3 is 6.03 Å². The summed E-state index contributed by atoms with van der Waals surface area (Å²) >= 11 is 1.50. The quantitative estimate of drug-likeness (QED) is 0.385. The van der Waals surface area contributed by atoms with E-state index in [1.54, 1.807) is 33.1 Å². The number of anilines is 1. The fourth-order valence-corrected chi connectivity index (χ4v) is 4.59. The molecule has 0 fully saturated rings. The number of hydrogen-bond donors (Lipinski definition) is 1. The number of allylic oxidation sites excluding steroid dienone is 1. The number of nitrogens with one attached hydrogen (secondary N) is 1. The lowest BCUT2D eigenvalue weighted by atomic mass is 9.94. The predicted octanol–water partition coefficient (Wildman–Crippen LogP) is 5.96. The summed E-state index contributed by atoms with van der Waals surface area (Å²) in [5.74, 6) is 1.04. The summed E-state index contributed by atoms with van der Waals surface area (Å²) in [5, 5.41) is 9.10. The molecule has 3 heterocycles. The van der Waals surface area contributed by atoms with Crippen molar-refractivity contribution in [3.63, 3.8) is 0 Å². The Balaban J connectivity index is 1.65. The molecule has 172 valence electrons. The molecule has 1 aliphatic rings. The van der Waals surface area contributed by atoms with Gasteiger partial charge in [-0.1, -0.05) is 29.4 Å². The number of thiophene rings is 1. The molecule has 1 aliphatic heterocycles. The third kappa shape index (κ3) is 3.84. The zero-order valence-electron chi connectivity index (χ0n) is 18.7. The number of hydrogen-bond acceptors (Lipinski definition) is 6. The first-order valence-electron chi connectivity index (χ1n) is 10.6. The fourth-order valence-electron chi connectivity index (χ4n) is 3.94. The van der Waals surface area contributed by atoms with Crippen molar-refractivity contribution in [2.24, 2.45) is 0 Å². The highest BCUT2D eigenvalue weighted by molar-refractivity contribution is 7.13. The normalized spacial score (nSPS) is 16.1. The lowest BCUT2D eigenvalue weighted by Crippen LogP contribution is -2.46. The van der Waals surface area contributed by atoms with E-state index in [4.69, 9.17) is 9.26 Å². The summed E-state index contributed by atoms with van der Waals surface area (Å²) < 4.78 is 25.3. The number of urea groups is 1. The van der Waals surface area contributed by atoms with Crippen LogP contribution in [0.1, 0.15) is 30.0 Å². The number of halogens is 1. The van der Waals surface area contributed by atoms with Crippen molar-refractivity contribution in [2.45, 2.75) is 19.9 Å². The van der Waals surface area contributed by atoms with E-state index in [9.17, 15) is 9.18 Å². The second kappa shape index (κ2) is 8.75. The van der Waals surface area contributed by atoms with Gasteiger partial charge in [0.25, 0.3) is 5.89 Å². The molecule has 0 aliphatic carbocycles. The molecule has 7 nitrogen and oxygen atoms in total. The molecule has 0 spiro atoms. The highest BCUT2D eigenvalue weighted by Gasteiger charge is 2.36. The zero-order chi connectivity index (χ0) is 23.8. The minimum Gasteiger partial charge on any atom is -0.497 e. The average molecular weight is 477 g/mol. The fraction of sp³-hybridized carbons (Fsp3) is 0.160. The third-order valence-corrected chi connectivity index (χ3v) is 6.61. The maximum atomic E-state index is 14.4. The molecule has 34 heavy (non-hydrogen) atoms. The smallest absolute Gasteiger partial charge is 0.327 e. The summed E-state index contributed by atoms with van der Waals surface area (Å²) in [6.07, 6.45) is 0. The van der Waals surface area contributed by atoms with E-state index in [0.29, 0.717) is 34.1 Å². The van der Waals surface area contributed by atoms with Crippen molar-refractivity contribution >= 4 is 28.6 Å². The molecule has 0 saturated carbocycles. The van der Waals surface area contributed by atoms with Gasteiger partial charge in [-0.25, -0.2) is 9.18 Å². The van der Waals surface area contributed by atoms with Crippen molar-refractivity contribution in [1.29, 1.82) is 0 Å². The number of aromatic nitrogens is 2. The Labute approximate surface area is 199 Å².